The fraction of sp³-hybridized carbons (Fsp3) is 0.211. The van der Waals surface area contributed by atoms with Crippen LogP contribution in [-0.2, 0) is 25.6 Å². The summed E-state index contributed by atoms with van der Waals surface area (Å²) in [6, 6.07) is 14.3. The average molecular weight is 528 g/mol. The molecule has 0 bridgehead atoms. The van der Waals surface area contributed by atoms with E-state index in [1.807, 2.05) is 31.2 Å². The molecule has 3 aromatic rings. The second kappa shape index (κ2) is 8.66. The summed E-state index contributed by atoms with van der Waals surface area (Å²) in [7, 11) is -3.94. The molecule has 1 N–H and O–H groups in total. The molecule has 1 atom stereocenters. The van der Waals surface area contributed by atoms with Crippen LogP contribution in [0, 0.1) is 0 Å². The van der Waals surface area contributed by atoms with Gasteiger partial charge < -0.3 is 0 Å². The maximum absolute atomic E-state index is 13.8. The largest absolute Gasteiger partial charge is 0.338 e. The highest BCUT2D eigenvalue weighted by molar-refractivity contribution is 9.10. The summed E-state index contributed by atoms with van der Waals surface area (Å²) in [6.07, 6.45) is 1.55. The summed E-state index contributed by atoms with van der Waals surface area (Å²) >= 11 is 3.21. The highest BCUT2D eigenvalue weighted by atomic mass is 79.9. The Kier molecular flexibility index (Phi) is 6.14. The second-order valence-corrected chi connectivity index (χ2v) is 11.0. The van der Waals surface area contributed by atoms with E-state index in [1.165, 1.54) is 21.7 Å². The molecule has 0 aliphatic carbocycles. The zero-order valence-electron chi connectivity index (χ0n) is 15.9. The first kappa shape index (κ1) is 21.3. The molecule has 7 nitrogen and oxygen atoms in total. The first-order valence-electron chi connectivity index (χ1n) is 9.16. The molecule has 0 spiro atoms. The molecule has 0 saturated heterocycles. The number of halogens is 1. The normalized spacial score (nSPS) is 16.2. The molecule has 4 rings (SSSR count). The molecular formula is C19H18BrN3O4S3. The molecule has 158 valence electrons. The predicted molar refractivity (Wildman–Crippen MR) is 124 cm³/mol. The van der Waals surface area contributed by atoms with Crippen molar-refractivity contribution in [2.45, 2.75) is 24.7 Å². The van der Waals surface area contributed by atoms with E-state index >= 15 is 0 Å². The maximum Gasteiger partial charge on any atom is 0.338 e. The summed E-state index contributed by atoms with van der Waals surface area (Å²) in [4.78, 5) is 0.0687. The monoisotopic (exact) mass is 527 g/mol. The molecular weight excluding hydrogens is 510 g/mol. The summed E-state index contributed by atoms with van der Waals surface area (Å²) in [5, 5.41) is 5.31. The zero-order chi connectivity index (χ0) is 21.3. The Morgan fingerprint density at radius 2 is 1.93 bits per heavy atom. The standard InChI is InChI=1S/C19H18BrN3O4S3/c1-2-3-12-23(19-17(20)13-8-4-6-10-15(13)28-19)30(25,26)16-11-7-5-9-14(16)18-21-27-29(24)22-18/h4-11H,2-3,12H2,1H3,(H,21,22). The van der Waals surface area contributed by atoms with Gasteiger partial charge in [-0.1, -0.05) is 43.7 Å². The fourth-order valence-electron chi connectivity index (χ4n) is 3.09. The molecule has 2 heterocycles. The van der Waals surface area contributed by atoms with Crippen molar-refractivity contribution in [1.82, 2.24) is 4.72 Å². The van der Waals surface area contributed by atoms with Crippen LogP contribution < -0.4 is 9.03 Å². The molecule has 1 unspecified atom stereocenters. The van der Waals surface area contributed by atoms with Gasteiger partial charge in [-0.3, -0.25) is 13.3 Å². The molecule has 30 heavy (non-hydrogen) atoms. The number of unbranched alkanes of at least 4 members (excludes halogenated alkanes) is 1. The Hall–Kier alpha value is -1.95. The van der Waals surface area contributed by atoms with Gasteiger partial charge in [0.15, 0.2) is 5.84 Å². The van der Waals surface area contributed by atoms with Gasteiger partial charge in [-0.2, -0.15) is 4.21 Å². The second-order valence-electron chi connectivity index (χ2n) is 6.50. The number of oxime groups is 1. The maximum atomic E-state index is 13.8. The van der Waals surface area contributed by atoms with Gasteiger partial charge in [-0.15, -0.1) is 11.3 Å². The van der Waals surface area contributed by atoms with Gasteiger partial charge in [-0.05, 0) is 45.7 Å². The number of nitrogens with zero attached hydrogens (tertiary/aromatic N) is 2. The van der Waals surface area contributed by atoms with Crippen LogP contribution in [0.2, 0.25) is 0 Å². The number of thiophene rings is 1. The Morgan fingerprint density at radius 1 is 1.20 bits per heavy atom. The van der Waals surface area contributed by atoms with Crippen LogP contribution in [0.25, 0.3) is 10.1 Å². The quantitative estimate of drug-likeness (QED) is 0.489. The Bertz CT molecular complexity index is 1260. The fourth-order valence-corrected chi connectivity index (χ4v) is 7.67. The average Bonchev–Trinajstić information content (AvgIpc) is 3.32. The molecule has 1 aliphatic rings. The number of sulfonamides is 1. The van der Waals surface area contributed by atoms with Crippen molar-refractivity contribution in [3.05, 3.63) is 58.6 Å². The van der Waals surface area contributed by atoms with Crippen molar-refractivity contribution in [3.63, 3.8) is 0 Å². The lowest BCUT2D eigenvalue weighted by molar-refractivity contribution is 0.385. The zero-order valence-corrected chi connectivity index (χ0v) is 19.9. The van der Waals surface area contributed by atoms with Crippen molar-refractivity contribution < 1.29 is 16.9 Å². The van der Waals surface area contributed by atoms with Gasteiger partial charge in [0.2, 0.25) is 0 Å². The van der Waals surface area contributed by atoms with Crippen molar-refractivity contribution in [2.24, 2.45) is 5.16 Å². The molecule has 1 aliphatic heterocycles. The van der Waals surface area contributed by atoms with Crippen LogP contribution in [0.15, 0.2) is 63.1 Å². The minimum Gasteiger partial charge on any atom is -0.269 e. The third-order valence-corrected chi connectivity index (χ3v) is 9.35. The van der Waals surface area contributed by atoms with Gasteiger partial charge in [0.25, 0.3) is 10.0 Å². The van der Waals surface area contributed by atoms with Gasteiger partial charge in [0, 0.05) is 22.2 Å². The minimum atomic E-state index is -3.94. The minimum absolute atomic E-state index is 0.0687. The van der Waals surface area contributed by atoms with Crippen molar-refractivity contribution in [3.8, 4) is 0 Å². The summed E-state index contributed by atoms with van der Waals surface area (Å²) in [5.41, 5.74) is 0.307. The van der Waals surface area contributed by atoms with Crippen LogP contribution in [-0.4, -0.2) is 25.0 Å². The van der Waals surface area contributed by atoms with E-state index in [-0.39, 0.29) is 10.7 Å². The highest BCUT2D eigenvalue weighted by Gasteiger charge is 2.32. The van der Waals surface area contributed by atoms with Crippen molar-refractivity contribution in [2.75, 3.05) is 10.8 Å². The molecule has 1 aromatic heterocycles. The summed E-state index contributed by atoms with van der Waals surface area (Å²) < 4.78 is 49.6. The van der Waals surface area contributed by atoms with Gasteiger partial charge in [-0.25, -0.2) is 8.42 Å². The Labute approximate surface area is 189 Å². The number of benzene rings is 2. The van der Waals surface area contributed by atoms with Gasteiger partial charge in [0.05, 0.1) is 9.37 Å². The number of hydrogen-bond donors (Lipinski definition) is 1. The highest BCUT2D eigenvalue weighted by Crippen LogP contribution is 2.44. The molecule has 11 heteroatoms. The number of nitrogens with one attached hydrogen (secondary N) is 1. The predicted octanol–water partition coefficient (Wildman–Crippen LogP) is 4.52. The number of amidine groups is 1. The van der Waals surface area contributed by atoms with Crippen LogP contribution in [0.3, 0.4) is 0 Å². The lowest BCUT2D eigenvalue weighted by Crippen LogP contribution is -2.33. The van der Waals surface area contributed by atoms with Crippen molar-refractivity contribution in [1.29, 1.82) is 0 Å². The smallest absolute Gasteiger partial charge is 0.269 e. The first-order valence-corrected chi connectivity index (χ1v) is 13.3. The van der Waals surface area contributed by atoms with Crippen LogP contribution in [0.5, 0.6) is 0 Å². The van der Waals surface area contributed by atoms with Crippen LogP contribution in [0.4, 0.5) is 5.00 Å². The third-order valence-electron chi connectivity index (χ3n) is 4.55. The van der Waals surface area contributed by atoms with Crippen LogP contribution in [0.1, 0.15) is 25.3 Å². The van der Waals surface area contributed by atoms with E-state index in [0.717, 1.165) is 21.0 Å². The summed E-state index contributed by atoms with van der Waals surface area (Å²) in [6.45, 7) is 2.35. The van der Waals surface area contributed by atoms with Crippen LogP contribution >= 0.6 is 27.3 Å². The van der Waals surface area contributed by atoms with E-state index in [2.05, 4.69) is 25.8 Å². The van der Waals surface area contributed by atoms with Gasteiger partial charge in [0.1, 0.15) is 5.00 Å². The molecule has 2 aromatic carbocycles. The Morgan fingerprint density at radius 3 is 2.63 bits per heavy atom. The number of hydrogen-bond acceptors (Lipinski definition) is 6. The van der Waals surface area contributed by atoms with E-state index in [0.29, 0.717) is 23.5 Å². The Balaban J connectivity index is 1.86. The van der Waals surface area contributed by atoms with E-state index < -0.39 is 21.3 Å². The van der Waals surface area contributed by atoms with E-state index in [1.54, 1.807) is 18.2 Å². The lowest BCUT2D eigenvalue weighted by Gasteiger charge is -2.24. The molecule has 0 fully saturated rings. The van der Waals surface area contributed by atoms with E-state index in [9.17, 15) is 12.6 Å². The molecule has 0 radical (unpaired) electrons. The lowest BCUT2D eigenvalue weighted by atomic mass is 10.2. The number of fused-ring (bicyclic) bond motifs is 1. The molecule has 0 amide bonds. The number of anilines is 1. The third kappa shape index (κ3) is 3.86. The topological polar surface area (TPSA) is 88.1 Å². The van der Waals surface area contributed by atoms with Crippen molar-refractivity contribution >= 4 is 69.5 Å². The SMILES string of the molecule is CCCCN(c1sc2ccccc2c1Br)S(=O)(=O)c1ccccc1C1=NOS(=O)N1. The summed E-state index contributed by atoms with van der Waals surface area (Å²) in [5.74, 6) is 0.123. The first-order chi connectivity index (χ1) is 14.4. The van der Waals surface area contributed by atoms with E-state index in [4.69, 9.17) is 4.28 Å². The van der Waals surface area contributed by atoms with Gasteiger partial charge >= 0.3 is 11.3 Å². The number of rotatable bonds is 7. The molecule has 0 saturated carbocycles.